The monoisotopic (exact) mass is 408 g/mol. The number of amides is 1. The maximum absolute atomic E-state index is 13.0. The van der Waals surface area contributed by atoms with Gasteiger partial charge >= 0.3 is 0 Å². The predicted molar refractivity (Wildman–Crippen MR) is 114 cm³/mol. The first kappa shape index (κ1) is 20.6. The van der Waals surface area contributed by atoms with Crippen LogP contribution in [0.5, 0.6) is 5.75 Å². The van der Waals surface area contributed by atoms with Crippen molar-refractivity contribution in [3.63, 3.8) is 0 Å². The number of ether oxygens (including phenoxy) is 1. The van der Waals surface area contributed by atoms with Crippen LogP contribution in [0.2, 0.25) is 5.02 Å². The van der Waals surface area contributed by atoms with E-state index >= 15 is 0 Å². The van der Waals surface area contributed by atoms with Crippen molar-refractivity contribution < 1.29 is 14.6 Å². The third-order valence-corrected chi connectivity index (χ3v) is 4.59. The van der Waals surface area contributed by atoms with E-state index in [2.05, 4.69) is 10.5 Å². The Morgan fingerprint density at radius 1 is 1.07 bits per heavy atom. The first-order chi connectivity index (χ1) is 14.1. The van der Waals surface area contributed by atoms with Gasteiger partial charge in [0.25, 0.3) is 5.91 Å². The SMILES string of the molecule is CCOc1ccc(Cl)cc1/C=N\NC(=O)C(O)(c1ccccc1)c1ccccc1. The smallest absolute Gasteiger partial charge is 0.281 e. The number of hydrogen-bond donors (Lipinski definition) is 2. The van der Waals surface area contributed by atoms with E-state index in [1.807, 2.05) is 19.1 Å². The Morgan fingerprint density at radius 2 is 1.66 bits per heavy atom. The Morgan fingerprint density at radius 3 is 2.21 bits per heavy atom. The third-order valence-electron chi connectivity index (χ3n) is 4.35. The molecule has 1 amide bonds. The van der Waals surface area contributed by atoms with Gasteiger partial charge in [-0.25, -0.2) is 5.43 Å². The van der Waals surface area contributed by atoms with Gasteiger partial charge in [-0.1, -0.05) is 72.3 Å². The van der Waals surface area contributed by atoms with Crippen LogP contribution in [0.3, 0.4) is 0 Å². The van der Waals surface area contributed by atoms with Crippen molar-refractivity contribution in [3.8, 4) is 5.75 Å². The lowest BCUT2D eigenvalue weighted by Crippen LogP contribution is -2.43. The zero-order valence-corrected chi connectivity index (χ0v) is 16.6. The molecule has 5 nitrogen and oxygen atoms in total. The molecule has 0 atom stereocenters. The molecule has 0 spiro atoms. The molecular weight excluding hydrogens is 388 g/mol. The number of nitrogens with one attached hydrogen (secondary N) is 1. The molecule has 3 aromatic carbocycles. The molecule has 29 heavy (non-hydrogen) atoms. The Balaban J connectivity index is 1.89. The average molecular weight is 409 g/mol. The fourth-order valence-electron chi connectivity index (χ4n) is 2.94. The Labute approximate surface area is 174 Å². The van der Waals surface area contributed by atoms with E-state index in [9.17, 15) is 9.90 Å². The fourth-order valence-corrected chi connectivity index (χ4v) is 3.12. The highest BCUT2D eigenvalue weighted by Crippen LogP contribution is 2.30. The first-order valence-electron chi connectivity index (χ1n) is 9.15. The van der Waals surface area contributed by atoms with Crippen molar-refractivity contribution in [1.82, 2.24) is 5.43 Å². The van der Waals surface area contributed by atoms with E-state index in [4.69, 9.17) is 16.3 Å². The van der Waals surface area contributed by atoms with Crippen LogP contribution < -0.4 is 10.2 Å². The number of rotatable bonds is 7. The molecule has 6 heteroatoms. The molecule has 0 fully saturated rings. The van der Waals surface area contributed by atoms with Crippen molar-refractivity contribution >= 4 is 23.7 Å². The molecule has 0 saturated carbocycles. The summed E-state index contributed by atoms with van der Waals surface area (Å²) >= 11 is 6.05. The number of carbonyl (C=O) groups is 1. The van der Waals surface area contributed by atoms with Crippen LogP contribution in [0.4, 0.5) is 0 Å². The van der Waals surface area contributed by atoms with Gasteiger partial charge in [0, 0.05) is 10.6 Å². The molecule has 3 aromatic rings. The lowest BCUT2D eigenvalue weighted by molar-refractivity contribution is -0.136. The molecule has 0 aliphatic heterocycles. The van der Waals surface area contributed by atoms with E-state index in [0.717, 1.165) is 0 Å². The van der Waals surface area contributed by atoms with E-state index in [-0.39, 0.29) is 0 Å². The Hall–Kier alpha value is -3.15. The Bertz CT molecular complexity index is 952. The number of aliphatic hydroxyl groups is 1. The lowest BCUT2D eigenvalue weighted by Gasteiger charge is -2.27. The molecule has 3 rings (SSSR count). The minimum atomic E-state index is -1.89. The van der Waals surface area contributed by atoms with Gasteiger partial charge in [0.15, 0.2) is 5.60 Å². The Kier molecular flexibility index (Phi) is 6.65. The summed E-state index contributed by atoms with van der Waals surface area (Å²) in [4.78, 5) is 13.0. The molecule has 0 unspecified atom stereocenters. The maximum atomic E-state index is 13.0. The summed E-state index contributed by atoms with van der Waals surface area (Å²) in [6.07, 6.45) is 1.44. The van der Waals surface area contributed by atoms with Crippen LogP contribution >= 0.6 is 11.6 Å². The van der Waals surface area contributed by atoms with Crippen molar-refractivity contribution in [1.29, 1.82) is 0 Å². The highest BCUT2D eigenvalue weighted by molar-refractivity contribution is 6.30. The number of hydrazone groups is 1. The number of nitrogens with zero attached hydrogens (tertiary/aromatic N) is 1. The largest absolute Gasteiger partial charge is 0.493 e. The van der Waals surface area contributed by atoms with Gasteiger partial charge < -0.3 is 9.84 Å². The van der Waals surface area contributed by atoms with Gasteiger partial charge in [0.2, 0.25) is 0 Å². The maximum Gasteiger partial charge on any atom is 0.281 e. The van der Waals surface area contributed by atoms with E-state index in [1.54, 1.807) is 66.7 Å². The van der Waals surface area contributed by atoms with E-state index in [0.29, 0.717) is 34.1 Å². The van der Waals surface area contributed by atoms with Crippen molar-refractivity contribution in [2.45, 2.75) is 12.5 Å². The molecule has 0 radical (unpaired) electrons. The standard InChI is InChI=1S/C23H21ClN2O3/c1-2-29-21-14-13-20(24)15-17(21)16-25-26-22(27)23(28,18-9-5-3-6-10-18)19-11-7-4-8-12-19/h3-16,28H,2H2,1H3,(H,26,27)/b25-16-. The summed E-state index contributed by atoms with van der Waals surface area (Å²) in [6.45, 7) is 2.35. The average Bonchev–Trinajstić information content (AvgIpc) is 2.76. The van der Waals surface area contributed by atoms with Gasteiger partial charge in [-0.15, -0.1) is 0 Å². The van der Waals surface area contributed by atoms with Gasteiger partial charge in [0.1, 0.15) is 5.75 Å². The summed E-state index contributed by atoms with van der Waals surface area (Å²) in [5.41, 5.74) is 2.04. The van der Waals surface area contributed by atoms with Crippen LogP contribution in [0.1, 0.15) is 23.6 Å². The molecule has 148 valence electrons. The summed E-state index contributed by atoms with van der Waals surface area (Å²) < 4.78 is 5.54. The van der Waals surface area contributed by atoms with E-state index in [1.165, 1.54) is 6.21 Å². The van der Waals surface area contributed by atoms with Crippen LogP contribution in [-0.2, 0) is 10.4 Å². The number of carbonyl (C=O) groups excluding carboxylic acids is 1. The molecular formula is C23H21ClN2O3. The van der Waals surface area contributed by atoms with Crippen molar-refractivity contribution in [3.05, 3.63) is 101 Å². The van der Waals surface area contributed by atoms with Crippen LogP contribution in [0, 0.1) is 0 Å². The zero-order valence-electron chi connectivity index (χ0n) is 15.9. The summed E-state index contributed by atoms with van der Waals surface area (Å²) in [5.74, 6) is -0.0811. The molecule has 0 aliphatic rings. The second-order valence-electron chi connectivity index (χ2n) is 6.26. The van der Waals surface area contributed by atoms with Gasteiger partial charge in [0.05, 0.1) is 12.8 Å². The molecule has 0 bridgehead atoms. The molecule has 0 heterocycles. The highest BCUT2D eigenvalue weighted by atomic mass is 35.5. The lowest BCUT2D eigenvalue weighted by atomic mass is 9.85. The molecule has 2 N–H and O–H groups in total. The minimum absolute atomic E-state index is 0.441. The summed E-state index contributed by atoms with van der Waals surface area (Å²) in [7, 11) is 0. The predicted octanol–water partition coefficient (Wildman–Crippen LogP) is 4.12. The van der Waals surface area contributed by atoms with Gasteiger partial charge in [-0.2, -0.15) is 5.10 Å². The molecule has 0 aromatic heterocycles. The molecule has 0 saturated heterocycles. The topological polar surface area (TPSA) is 70.9 Å². The number of halogens is 1. The van der Waals surface area contributed by atoms with Crippen LogP contribution in [-0.4, -0.2) is 23.8 Å². The van der Waals surface area contributed by atoms with Crippen LogP contribution in [0.15, 0.2) is 84.0 Å². The second kappa shape index (κ2) is 9.37. The van der Waals surface area contributed by atoms with Crippen molar-refractivity contribution in [2.75, 3.05) is 6.61 Å². The van der Waals surface area contributed by atoms with Gasteiger partial charge in [-0.3, -0.25) is 4.79 Å². The fraction of sp³-hybridized carbons (Fsp3) is 0.130. The number of benzene rings is 3. The highest BCUT2D eigenvalue weighted by Gasteiger charge is 2.39. The van der Waals surface area contributed by atoms with E-state index < -0.39 is 11.5 Å². The van der Waals surface area contributed by atoms with Crippen molar-refractivity contribution in [2.24, 2.45) is 5.10 Å². The quantitative estimate of drug-likeness (QED) is 0.456. The zero-order chi connectivity index (χ0) is 20.7. The third kappa shape index (κ3) is 4.65. The summed E-state index contributed by atoms with van der Waals surface area (Å²) in [5, 5.41) is 15.9. The number of hydrogen-bond acceptors (Lipinski definition) is 4. The molecule has 0 aliphatic carbocycles. The first-order valence-corrected chi connectivity index (χ1v) is 9.52. The summed E-state index contributed by atoms with van der Waals surface area (Å²) in [6, 6.07) is 22.6. The second-order valence-corrected chi connectivity index (χ2v) is 6.69. The minimum Gasteiger partial charge on any atom is -0.493 e. The normalized spacial score (nSPS) is 11.4. The van der Waals surface area contributed by atoms with Crippen LogP contribution in [0.25, 0.3) is 0 Å². The van der Waals surface area contributed by atoms with Gasteiger partial charge in [-0.05, 0) is 36.2 Å².